The quantitative estimate of drug-likeness (QED) is 0.200. The van der Waals surface area contributed by atoms with Crippen LogP contribution >= 0.6 is 0 Å². The van der Waals surface area contributed by atoms with E-state index < -0.39 is 0 Å². The van der Waals surface area contributed by atoms with Crippen LogP contribution in [-0.4, -0.2) is 0 Å². The first-order valence-corrected chi connectivity index (χ1v) is 16.4. The lowest BCUT2D eigenvalue weighted by Gasteiger charge is -2.40. The van der Waals surface area contributed by atoms with Gasteiger partial charge >= 0.3 is 0 Å². The summed E-state index contributed by atoms with van der Waals surface area (Å²) in [4.78, 5) is 0. The van der Waals surface area contributed by atoms with Gasteiger partial charge in [0.2, 0.25) is 0 Å². The van der Waals surface area contributed by atoms with E-state index in [-0.39, 0.29) is 5.41 Å². The average Bonchev–Trinajstić information content (AvgIpc) is 3.61. The van der Waals surface area contributed by atoms with Gasteiger partial charge in [-0.25, -0.2) is 0 Å². The van der Waals surface area contributed by atoms with Gasteiger partial charge in [0.05, 0.1) is 0 Å². The van der Waals surface area contributed by atoms with E-state index in [0.29, 0.717) is 11.8 Å². The summed E-state index contributed by atoms with van der Waals surface area (Å²) in [7, 11) is 0. The van der Waals surface area contributed by atoms with E-state index in [2.05, 4.69) is 140 Å². The minimum Gasteiger partial charge on any atom is -0.0627 e. The molecule has 0 radical (unpaired) electrons. The van der Waals surface area contributed by atoms with E-state index in [1.807, 2.05) is 0 Å². The topological polar surface area (TPSA) is 0 Å². The van der Waals surface area contributed by atoms with Crippen molar-refractivity contribution in [2.75, 3.05) is 0 Å². The molecule has 0 bridgehead atoms. The molecule has 0 saturated carbocycles. The van der Waals surface area contributed by atoms with Crippen LogP contribution in [0.15, 0.2) is 83.9 Å². The number of benzene rings is 4. The van der Waals surface area contributed by atoms with Gasteiger partial charge in [0, 0.05) is 5.41 Å². The molecular formula is C43H48. The fourth-order valence-corrected chi connectivity index (χ4v) is 8.11. The van der Waals surface area contributed by atoms with Crippen molar-refractivity contribution in [2.24, 2.45) is 17.3 Å². The Morgan fingerprint density at radius 1 is 0.512 bits per heavy atom. The maximum absolute atomic E-state index is 2.62. The monoisotopic (exact) mass is 564 g/mol. The smallest absolute Gasteiger partial charge is 0.0139 e. The van der Waals surface area contributed by atoms with Crippen molar-refractivity contribution in [3.8, 4) is 22.3 Å². The van der Waals surface area contributed by atoms with Crippen molar-refractivity contribution >= 4 is 12.2 Å². The summed E-state index contributed by atoms with van der Waals surface area (Å²) in [5.41, 5.74) is 20.2. The van der Waals surface area contributed by atoms with Crippen molar-refractivity contribution in [3.63, 3.8) is 0 Å². The maximum Gasteiger partial charge on any atom is 0.0139 e. The zero-order chi connectivity index (χ0) is 30.5. The van der Waals surface area contributed by atoms with Crippen LogP contribution in [0.5, 0.6) is 0 Å². The lowest BCUT2D eigenvalue weighted by Crippen LogP contribution is -2.30. The molecule has 4 aromatic carbocycles. The molecule has 0 amide bonds. The average molecular weight is 565 g/mol. The zero-order valence-corrected chi connectivity index (χ0v) is 27.6. The molecule has 0 atom stereocenters. The van der Waals surface area contributed by atoms with Crippen molar-refractivity contribution in [1.29, 1.82) is 0 Å². The van der Waals surface area contributed by atoms with Gasteiger partial charge in [-0.05, 0) is 132 Å². The van der Waals surface area contributed by atoms with Gasteiger partial charge in [-0.15, -0.1) is 0 Å². The Morgan fingerprint density at radius 3 is 1.28 bits per heavy atom. The highest BCUT2D eigenvalue weighted by Crippen LogP contribution is 2.55. The molecule has 220 valence electrons. The Labute approximate surface area is 260 Å². The number of hydrogen-bond acceptors (Lipinski definition) is 0. The van der Waals surface area contributed by atoms with Gasteiger partial charge in [0.15, 0.2) is 0 Å². The third-order valence-electron chi connectivity index (χ3n) is 10.3. The standard InChI is InChI=1S/C43H48/c1-27(2)25-43(26-28(3)4,35-21-33-15-11-19-39(41(33)23-35)37-17-9-13-29(5)31(37)7)36-22-34-16-12-20-40(42(34)24-36)38-18-10-14-30(6)32(38)8/h9-20,23-24,27-28H,21-22,25-26H2,1-8H3. The number of fused-ring (bicyclic) bond motifs is 2. The fraction of sp³-hybridized carbons (Fsp3) is 0.349. The molecule has 43 heavy (non-hydrogen) atoms. The molecule has 0 N–H and O–H groups in total. The summed E-state index contributed by atoms with van der Waals surface area (Å²) in [5, 5.41) is 0. The molecule has 0 saturated heterocycles. The van der Waals surface area contributed by atoms with Gasteiger partial charge < -0.3 is 0 Å². The molecule has 2 aliphatic carbocycles. The minimum absolute atomic E-state index is 0.0399. The first-order chi connectivity index (χ1) is 20.6. The molecule has 0 heteroatoms. The SMILES string of the molecule is Cc1cccc(-c2cccc3c2C=C(C(CC(C)C)(CC(C)C)C2=Cc4c(cccc4-c4cccc(C)c4C)C2)C3)c1C. The Bertz CT molecular complexity index is 1620. The summed E-state index contributed by atoms with van der Waals surface area (Å²) in [5.74, 6) is 1.20. The number of aryl methyl sites for hydroxylation is 2. The van der Waals surface area contributed by atoms with Crippen LogP contribution in [0.1, 0.15) is 85.0 Å². The van der Waals surface area contributed by atoms with E-state index in [4.69, 9.17) is 0 Å². The largest absolute Gasteiger partial charge is 0.0627 e. The van der Waals surface area contributed by atoms with Crippen LogP contribution < -0.4 is 0 Å². The second-order valence-electron chi connectivity index (χ2n) is 14.2. The first-order valence-electron chi connectivity index (χ1n) is 16.4. The van der Waals surface area contributed by atoms with E-state index >= 15 is 0 Å². The second kappa shape index (κ2) is 11.5. The highest BCUT2D eigenvalue weighted by molar-refractivity contribution is 5.86. The molecule has 0 spiro atoms. The predicted molar refractivity (Wildman–Crippen MR) is 187 cm³/mol. The van der Waals surface area contributed by atoms with Crippen molar-refractivity contribution in [3.05, 3.63) is 128 Å². The van der Waals surface area contributed by atoms with Gasteiger partial charge in [-0.3, -0.25) is 0 Å². The van der Waals surface area contributed by atoms with Gasteiger partial charge in [0.1, 0.15) is 0 Å². The molecule has 0 aromatic heterocycles. The summed E-state index contributed by atoms with van der Waals surface area (Å²) in [6.45, 7) is 18.7. The zero-order valence-electron chi connectivity index (χ0n) is 27.6. The third-order valence-corrected chi connectivity index (χ3v) is 10.3. The highest BCUT2D eigenvalue weighted by Gasteiger charge is 2.42. The number of hydrogen-bond donors (Lipinski definition) is 0. The number of rotatable bonds is 8. The normalized spacial score (nSPS) is 14.3. The highest BCUT2D eigenvalue weighted by atomic mass is 14.5. The van der Waals surface area contributed by atoms with E-state index in [1.165, 1.54) is 79.6 Å². The van der Waals surface area contributed by atoms with Crippen molar-refractivity contribution in [1.82, 2.24) is 0 Å². The summed E-state index contributed by atoms with van der Waals surface area (Å²) in [6.07, 6.45) is 9.69. The van der Waals surface area contributed by atoms with Crippen molar-refractivity contribution < 1.29 is 0 Å². The molecule has 0 nitrogen and oxygen atoms in total. The second-order valence-corrected chi connectivity index (χ2v) is 14.2. The Hall–Kier alpha value is -3.64. The molecule has 4 aromatic rings. The van der Waals surface area contributed by atoms with E-state index in [0.717, 1.165) is 12.8 Å². The summed E-state index contributed by atoms with van der Waals surface area (Å²) >= 11 is 0. The Balaban J connectivity index is 1.52. The van der Waals surface area contributed by atoms with Crippen LogP contribution in [0.2, 0.25) is 0 Å². The van der Waals surface area contributed by atoms with Gasteiger partial charge in [-0.1, -0.05) is 124 Å². The van der Waals surface area contributed by atoms with E-state index in [1.54, 1.807) is 11.1 Å². The summed E-state index contributed by atoms with van der Waals surface area (Å²) < 4.78 is 0. The molecule has 0 heterocycles. The Kier molecular flexibility index (Phi) is 7.84. The van der Waals surface area contributed by atoms with Crippen LogP contribution in [-0.2, 0) is 12.8 Å². The molecule has 0 aliphatic heterocycles. The lowest BCUT2D eigenvalue weighted by molar-refractivity contribution is 0.273. The molecule has 6 rings (SSSR count). The molecular weight excluding hydrogens is 516 g/mol. The van der Waals surface area contributed by atoms with Crippen LogP contribution in [0, 0.1) is 44.9 Å². The van der Waals surface area contributed by atoms with Crippen LogP contribution in [0.3, 0.4) is 0 Å². The third kappa shape index (κ3) is 5.24. The van der Waals surface area contributed by atoms with E-state index in [9.17, 15) is 0 Å². The van der Waals surface area contributed by atoms with Crippen molar-refractivity contribution in [2.45, 2.75) is 81.1 Å². The first kappa shape index (κ1) is 29.4. The van der Waals surface area contributed by atoms with Gasteiger partial charge in [0.25, 0.3) is 0 Å². The maximum atomic E-state index is 2.62. The molecule has 0 fully saturated rings. The lowest BCUT2D eigenvalue weighted by atomic mass is 9.63. The van der Waals surface area contributed by atoms with Crippen LogP contribution in [0.4, 0.5) is 0 Å². The fourth-order valence-electron chi connectivity index (χ4n) is 8.11. The molecule has 2 aliphatic rings. The Morgan fingerprint density at radius 2 is 0.884 bits per heavy atom. The summed E-state index contributed by atoms with van der Waals surface area (Å²) in [6, 6.07) is 27.5. The van der Waals surface area contributed by atoms with Gasteiger partial charge in [-0.2, -0.15) is 0 Å². The number of allylic oxidation sites excluding steroid dienone is 2. The van der Waals surface area contributed by atoms with Crippen LogP contribution in [0.25, 0.3) is 34.4 Å². The minimum atomic E-state index is 0.0399. The molecule has 0 unspecified atom stereocenters. The predicted octanol–water partition coefficient (Wildman–Crippen LogP) is 11.9.